The van der Waals surface area contributed by atoms with E-state index in [0.29, 0.717) is 12.7 Å². The average molecular weight is 170 g/mol. The van der Waals surface area contributed by atoms with Gasteiger partial charge in [-0.1, -0.05) is 20.2 Å². The van der Waals surface area contributed by atoms with Crippen molar-refractivity contribution in [3.63, 3.8) is 0 Å². The van der Waals surface area contributed by atoms with Crippen molar-refractivity contribution in [2.45, 2.75) is 45.2 Å². The van der Waals surface area contributed by atoms with Gasteiger partial charge in [-0.25, -0.2) is 0 Å². The summed E-state index contributed by atoms with van der Waals surface area (Å²) in [6.07, 6.45) is 1.93. The molecule has 2 radical (unpaired) electrons. The lowest BCUT2D eigenvalue weighted by molar-refractivity contribution is -0.00840. The van der Waals surface area contributed by atoms with Crippen molar-refractivity contribution in [2.75, 3.05) is 7.11 Å². The summed E-state index contributed by atoms with van der Waals surface area (Å²) >= 11 is 0. The molecule has 3 heteroatoms. The number of methoxy groups -OCH3 is 1. The van der Waals surface area contributed by atoms with Crippen molar-refractivity contribution in [3.05, 3.63) is 0 Å². The highest BCUT2D eigenvalue weighted by Gasteiger charge is 2.21. The largest absolute Gasteiger partial charge is 0.393 e. The van der Waals surface area contributed by atoms with E-state index in [-0.39, 0.29) is 18.1 Å². The van der Waals surface area contributed by atoms with Gasteiger partial charge in [0.05, 0.1) is 20.1 Å². The molecule has 0 aromatic heterocycles. The van der Waals surface area contributed by atoms with Gasteiger partial charge in [0, 0.05) is 13.0 Å². The summed E-state index contributed by atoms with van der Waals surface area (Å²) in [7, 11) is 7.03. The van der Waals surface area contributed by atoms with Gasteiger partial charge in [0.25, 0.3) is 0 Å². The van der Waals surface area contributed by atoms with Crippen molar-refractivity contribution in [3.8, 4) is 0 Å². The molecule has 2 nitrogen and oxygen atoms in total. The van der Waals surface area contributed by atoms with E-state index in [4.69, 9.17) is 12.6 Å². The first-order chi connectivity index (χ1) is 5.67. The first-order valence-corrected chi connectivity index (χ1v) is 4.58. The Balaban J connectivity index is 3.87. The fraction of sp³-hybridized carbons (Fsp3) is 1.00. The summed E-state index contributed by atoms with van der Waals surface area (Å²) in [6, 6.07) is 0. The van der Waals surface area contributed by atoms with Crippen LogP contribution < -0.4 is 0 Å². The Labute approximate surface area is 76.7 Å². The monoisotopic (exact) mass is 170 g/mol. The van der Waals surface area contributed by atoms with Crippen LogP contribution in [0.15, 0.2) is 0 Å². The molecule has 3 atom stereocenters. The zero-order chi connectivity index (χ0) is 9.56. The van der Waals surface area contributed by atoms with Crippen molar-refractivity contribution in [1.29, 1.82) is 0 Å². The van der Waals surface area contributed by atoms with E-state index in [2.05, 4.69) is 6.92 Å². The zero-order valence-electron chi connectivity index (χ0n) is 8.29. The predicted molar refractivity (Wildman–Crippen MR) is 51.4 cm³/mol. The van der Waals surface area contributed by atoms with Gasteiger partial charge in [-0.2, -0.15) is 0 Å². The van der Waals surface area contributed by atoms with Crippen LogP contribution in [0.25, 0.3) is 0 Å². The smallest absolute Gasteiger partial charge is 0.0654 e. The lowest BCUT2D eigenvalue weighted by Gasteiger charge is -2.25. The molecule has 12 heavy (non-hydrogen) atoms. The predicted octanol–water partition coefficient (Wildman–Crippen LogP) is 1.39. The molecule has 0 saturated carbocycles. The van der Waals surface area contributed by atoms with E-state index in [9.17, 15) is 5.11 Å². The fourth-order valence-corrected chi connectivity index (χ4v) is 1.43. The number of rotatable bonds is 6. The second kappa shape index (κ2) is 6.50. The number of ether oxygens (including phenoxy) is 1. The fourth-order valence-electron chi connectivity index (χ4n) is 1.43. The maximum Gasteiger partial charge on any atom is 0.0654 e. The highest BCUT2D eigenvalue weighted by Crippen LogP contribution is 2.17. The third-order valence-electron chi connectivity index (χ3n) is 2.36. The van der Waals surface area contributed by atoms with Gasteiger partial charge in [0.1, 0.15) is 0 Å². The summed E-state index contributed by atoms with van der Waals surface area (Å²) in [5.41, 5.74) is 0. The van der Waals surface area contributed by atoms with Gasteiger partial charge in [0.2, 0.25) is 0 Å². The maximum absolute atomic E-state index is 9.59. The van der Waals surface area contributed by atoms with E-state index in [1.165, 1.54) is 0 Å². The minimum absolute atomic E-state index is 0.145. The molecule has 0 aliphatic carbocycles. The van der Waals surface area contributed by atoms with E-state index < -0.39 is 0 Å². The molecular formula is C9H19BO2. The SMILES string of the molecule is [B]CCC(O)C(C)C(CC)OC. The van der Waals surface area contributed by atoms with Crippen molar-refractivity contribution < 1.29 is 9.84 Å². The van der Waals surface area contributed by atoms with E-state index >= 15 is 0 Å². The molecule has 1 N–H and O–H groups in total. The number of hydrogen-bond donors (Lipinski definition) is 1. The van der Waals surface area contributed by atoms with Crippen LogP contribution >= 0.6 is 0 Å². The highest BCUT2D eigenvalue weighted by atomic mass is 16.5. The number of hydrogen-bond acceptors (Lipinski definition) is 2. The van der Waals surface area contributed by atoms with Crippen molar-refractivity contribution in [1.82, 2.24) is 0 Å². The van der Waals surface area contributed by atoms with Gasteiger partial charge < -0.3 is 9.84 Å². The summed E-state index contributed by atoms with van der Waals surface area (Å²) in [5.74, 6) is 0.170. The molecule has 0 amide bonds. The van der Waals surface area contributed by atoms with Gasteiger partial charge in [-0.05, 0) is 12.8 Å². The summed E-state index contributed by atoms with van der Waals surface area (Å²) in [4.78, 5) is 0. The van der Waals surface area contributed by atoms with Gasteiger partial charge in [-0.3, -0.25) is 0 Å². The Bertz CT molecular complexity index is 105. The third-order valence-corrected chi connectivity index (χ3v) is 2.36. The molecule has 0 saturated heterocycles. The van der Waals surface area contributed by atoms with E-state index in [1.807, 2.05) is 6.92 Å². The molecule has 0 aliphatic rings. The average Bonchev–Trinajstić information content (AvgIpc) is 2.07. The number of aliphatic hydroxyl groups excluding tert-OH is 1. The van der Waals surface area contributed by atoms with Crippen LogP contribution in [0.4, 0.5) is 0 Å². The van der Waals surface area contributed by atoms with Crippen LogP contribution in [0, 0.1) is 5.92 Å². The Kier molecular flexibility index (Phi) is 6.49. The Morgan fingerprint density at radius 3 is 2.42 bits per heavy atom. The van der Waals surface area contributed by atoms with Crippen LogP contribution in [0.2, 0.25) is 6.32 Å². The normalized spacial score (nSPS) is 18.7. The van der Waals surface area contributed by atoms with E-state index in [1.54, 1.807) is 7.11 Å². The Morgan fingerprint density at radius 2 is 2.08 bits per heavy atom. The number of aliphatic hydroxyl groups is 1. The minimum Gasteiger partial charge on any atom is -0.393 e. The lowest BCUT2D eigenvalue weighted by atomic mass is 9.89. The Morgan fingerprint density at radius 1 is 1.50 bits per heavy atom. The van der Waals surface area contributed by atoms with Gasteiger partial charge >= 0.3 is 0 Å². The molecule has 3 unspecified atom stereocenters. The quantitative estimate of drug-likeness (QED) is 0.610. The molecule has 0 fully saturated rings. The first-order valence-electron chi connectivity index (χ1n) is 4.58. The Hall–Kier alpha value is -0.0151. The lowest BCUT2D eigenvalue weighted by Crippen LogP contribution is -2.30. The summed E-state index contributed by atoms with van der Waals surface area (Å²) < 4.78 is 5.23. The van der Waals surface area contributed by atoms with Crippen LogP contribution in [0.3, 0.4) is 0 Å². The molecule has 0 bridgehead atoms. The van der Waals surface area contributed by atoms with Crippen molar-refractivity contribution in [2.24, 2.45) is 5.92 Å². The summed E-state index contributed by atoms with van der Waals surface area (Å²) in [5, 5.41) is 9.59. The maximum atomic E-state index is 9.59. The van der Waals surface area contributed by atoms with Crippen LogP contribution in [0.1, 0.15) is 26.7 Å². The molecule has 0 aromatic rings. The topological polar surface area (TPSA) is 29.5 Å². The zero-order valence-corrected chi connectivity index (χ0v) is 8.29. The molecule has 0 spiro atoms. The van der Waals surface area contributed by atoms with E-state index in [0.717, 1.165) is 6.42 Å². The van der Waals surface area contributed by atoms with Crippen molar-refractivity contribution >= 4 is 7.85 Å². The van der Waals surface area contributed by atoms with Crippen LogP contribution in [-0.4, -0.2) is 32.3 Å². The van der Waals surface area contributed by atoms with Gasteiger partial charge in [-0.15, -0.1) is 0 Å². The minimum atomic E-state index is -0.333. The standard InChI is InChI=1S/C9H19BO2/c1-4-9(12-3)7(2)8(11)5-6-10/h7-9,11H,4-6H2,1-3H3. The van der Waals surface area contributed by atoms with Gasteiger partial charge in [0.15, 0.2) is 0 Å². The molecular weight excluding hydrogens is 151 g/mol. The second-order valence-electron chi connectivity index (χ2n) is 3.19. The molecule has 0 aromatic carbocycles. The molecule has 0 heterocycles. The van der Waals surface area contributed by atoms with Crippen LogP contribution in [-0.2, 0) is 4.74 Å². The first kappa shape index (κ1) is 12.0. The van der Waals surface area contributed by atoms with Crippen LogP contribution in [0.5, 0.6) is 0 Å². The molecule has 70 valence electrons. The summed E-state index contributed by atoms with van der Waals surface area (Å²) in [6.45, 7) is 4.05. The third kappa shape index (κ3) is 3.59. The highest BCUT2D eigenvalue weighted by molar-refractivity contribution is 6.08. The molecule has 0 rings (SSSR count). The molecule has 0 aliphatic heterocycles. The second-order valence-corrected chi connectivity index (χ2v) is 3.19.